The van der Waals surface area contributed by atoms with E-state index < -0.39 is 0 Å². The number of nitrogens with two attached hydrogens (primary N) is 2. The van der Waals surface area contributed by atoms with Gasteiger partial charge in [0.2, 0.25) is 0 Å². The van der Waals surface area contributed by atoms with Gasteiger partial charge in [0, 0.05) is 0 Å². The van der Waals surface area contributed by atoms with E-state index in [9.17, 15) is 0 Å². The van der Waals surface area contributed by atoms with Gasteiger partial charge in [0.1, 0.15) is 10.5 Å². The van der Waals surface area contributed by atoms with Gasteiger partial charge in [-0.25, -0.2) is 4.98 Å². The van der Waals surface area contributed by atoms with E-state index in [1.165, 1.54) is 11.3 Å². The van der Waals surface area contributed by atoms with Crippen LogP contribution in [0.25, 0.3) is 10.3 Å². The lowest BCUT2D eigenvalue weighted by Gasteiger charge is -1.94. The lowest BCUT2D eigenvalue weighted by molar-refractivity contribution is 0.422. The molecular weight excluding hydrogens is 176 g/mol. The third-order valence-corrected chi connectivity index (χ3v) is 2.44. The highest BCUT2D eigenvalue weighted by Gasteiger charge is 2.13. The molecule has 0 spiro atoms. The van der Waals surface area contributed by atoms with Crippen molar-refractivity contribution in [2.45, 2.75) is 0 Å². The number of hydrogen-bond acceptors (Lipinski definition) is 5. The van der Waals surface area contributed by atoms with Gasteiger partial charge in [0.25, 0.3) is 0 Å². The maximum Gasteiger partial charge on any atom is 0.182 e. The fraction of sp³-hybridized carbons (Fsp3) is 0.167. The highest BCUT2D eigenvalue weighted by Crippen LogP contribution is 2.36. The smallest absolute Gasteiger partial charge is 0.182 e. The molecule has 0 aliphatic heterocycles. The number of nitrogens with one attached hydrogen (secondary N) is 1. The maximum atomic E-state index is 5.60. The fourth-order valence-corrected chi connectivity index (χ4v) is 1.91. The quantitative estimate of drug-likeness (QED) is 0.611. The predicted molar refractivity (Wildman–Crippen MR) is 49.3 cm³/mol. The van der Waals surface area contributed by atoms with E-state index >= 15 is 0 Å². The summed E-state index contributed by atoms with van der Waals surface area (Å²) in [7, 11) is 1.56. The summed E-state index contributed by atoms with van der Waals surface area (Å²) in [6.45, 7) is 0. The molecule has 5 nitrogen and oxygen atoms in total. The van der Waals surface area contributed by atoms with Crippen LogP contribution in [0.3, 0.4) is 0 Å². The summed E-state index contributed by atoms with van der Waals surface area (Å²) in [5.74, 6) is 1.12. The largest absolute Gasteiger partial charge is 0.491 e. The normalized spacial score (nSPS) is 10.8. The molecule has 2 rings (SSSR count). The second-order valence-corrected chi connectivity index (χ2v) is 3.33. The molecule has 0 aliphatic rings. The van der Waals surface area contributed by atoms with Crippen LogP contribution in [0.1, 0.15) is 0 Å². The number of nitrogen functional groups attached to an aromatic ring is 2. The van der Waals surface area contributed by atoms with Crippen LogP contribution < -0.4 is 16.2 Å². The van der Waals surface area contributed by atoms with Gasteiger partial charge < -0.3 is 21.2 Å². The van der Waals surface area contributed by atoms with Gasteiger partial charge in [-0.3, -0.25) is 0 Å². The lowest BCUT2D eigenvalue weighted by atomic mass is 10.5. The molecule has 0 aromatic carbocycles. The summed E-state index contributed by atoms with van der Waals surface area (Å²) in [4.78, 5) is 6.89. The summed E-state index contributed by atoms with van der Waals surface area (Å²) in [5.41, 5.74) is 11.8. The molecule has 0 saturated carbocycles. The third-order valence-electron chi connectivity index (χ3n) is 1.55. The number of H-pyrrole nitrogens is 1. The van der Waals surface area contributed by atoms with Gasteiger partial charge in [-0.15, -0.1) is 0 Å². The van der Waals surface area contributed by atoms with Gasteiger partial charge in [0.15, 0.2) is 16.5 Å². The second-order valence-electron chi connectivity index (χ2n) is 2.30. The Morgan fingerprint density at radius 2 is 2.25 bits per heavy atom. The van der Waals surface area contributed by atoms with Crippen LogP contribution in [0.4, 0.5) is 10.9 Å². The van der Waals surface area contributed by atoms with Crippen molar-refractivity contribution >= 4 is 32.6 Å². The van der Waals surface area contributed by atoms with Crippen LogP contribution in [-0.2, 0) is 0 Å². The molecule has 0 atom stereocenters. The Bertz CT molecular complexity index is 418. The van der Waals surface area contributed by atoms with Gasteiger partial charge in [-0.2, -0.15) is 0 Å². The molecule has 2 heterocycles. The Balaban J connectivity index is 2.78. The molecule has 2 aromatic heterocycles. The highest BCUT2D eigenvalue weighted by atomic mass is 32.1. The maximum absolute atomic E-state index is 5.60. The number of rotatable bonds is 1. The van der Waals surface area contributed by atoms with E-state index in [4.69, 9.17) is 16.2 Å². The van der Waals surface area contributed by atoms with Crippen molar-refractivity contribution < 1.29 is 4.74 Å². The Morgan fingerprint density at radius 1 is 1.50 bits per heavy atom. The van der Waals surface area contributed by atoms with Crippen LogP contribution in [0.15, 0.2) is 0 Å². The molecule has 2 aromatic rings. The zero-order valence-corrected chi connectivity index (χ0v) is 7.23. The molecule has 0 saturated heterocycles. The van der Waals surface area contributed by atoms with Crippen molar-refractivity contribution in [2.75, 3.05) is 18.6 Å². The molecule has 0 bridgehead atoms. The lowest BCUT2D eigenvalue weighted by Crippen LogP contribution is -1.89. The van der Waals surface area contributed by atoms with E-state index in [1.807, 2.05) is 0 Å². The summed E-state index contributed by atoms with van der Waals surface area (Å²) < 4.78 is 5.94. The fourth-order valence-electron chi connectivity index (χ4n) is 1.08. The zero-order valence-electron chi connectivity index (χ0n) is 6.42. The number of aromatic nitrogens is 2. The van der Waals surface area contributed by atoms with Gasteiger partial charge in [-0.1, -0.05) is 11.3 Å². The number of fused-ring (bicyclic) bond motifs is 1. The number of nitrogens with zero attached hydrogens (tertiary/aromatic N) is 1. The minimum atomic E-state index is 0.492. The minimum Gasteiger partial charge on any atom is -0.491 e. The molecule has 0 amide bonds. The van der Waals surface area contributed by atoms with Crippen LogP contribution in [0.5, 0.6) is 5.75 Å². The van der Waals surface area contributed by atoms with Crippen LogP contribution in [0, 0.1) is 0 Å². The first-order valence-corrected chi connectivity index (χ1v) is 4.11. The van der Waals surface area contributed by atoms with E-state index in [1.54, 1.807) is 7.11 Å². The van der Waals surface area contributed by atoms with Crippen molar-refractivity contribution in [2.24, 2.45) is 0 Å². The summed E-state index contributed by atoms with van der Waals surface area (Å²) in [6, 6.07) is 0. The van der Waals surface area contributed by atoms with Gasteiger partial charge >= 0.3 is 0 Å². The number of aromatic amines is 1. The van der Waals surface area contributed by atoms with E-state index in [-0.39, 0.29) is 0 Å². The van der Waals surface area contributed by atoms with Crippen molar-refractivity contribution in [1.29, 1.82) is 0 Å². The molecule has 5 N–H and O–H groups in total. The first kappa shape index (κ1) is 7.23. The number of methoxy groups -OCH3 is 1. The molecule has 12 heavy (non-hydrogen) atoms. The van der Waals surface area contributed by atoms with Gasteiger partial charge in [-0.05, 0) is 0 Å². The Labute approximate surface area is 72.3 Å². The first-order chi connectivity index (χ1) is 5.72. The Morgan fingerprint density at radius 3 is 2.92 bits per heavy atom. The van der Waals surface area contributed by atoms with E-state index in [0.717, 1.165) is 4.70 Å². The molecule has 0 fully saturated rings. The summed E-state index contributed by atoms with van der Waals surface area (Å²) in [6.07, 6.45) is 0. The van der Waals surface area contributed by atoms with Crippen LogP contribution in [-0.4, -0.2) is 17.1 Å². The summed E-state index contributed by atoms with van der Waals surface area (Å²) in [5, 5.41) is 0.509. The minimum absolute atomic E-state index is 0.492. The number of anilines is 2. The van der Waals surface area contributed by atoms with Gasteiger partial charge in [0.05, 0.1) is 7.11 Å². The predicted octanol–water partition coefficient (Wildman–Crippen LogP) is 0.797. The van der Waals surface area contributed by atoms with E-state index in [2.05, 4.69) is 9.97 Å². The summed E-state index contributed by atoms with van der Waals surface area (Å²) >= 11 is 1.35. The average molecular weight is 184 g/mol. The topological polar surface area (TPSA) is 90.0 Å². The molecule has 0 aliphatic carbocycles. The SMILES string of the molecule is COc1c(N)[nH]c2nc(N)sc12. The first-order valence-electron chi connectivity index (χ1n) is 3.30. The Kier molecular flexibility index (Phi) is 1.37. The number of ether oxygens (including phenoxy) is 1. The number of thiazole rings is 1. The van der Waals surface area contributed by atoms with E-state index in [0.29, 0.717) is 22.3 Å². The van der Waals surface area contributed by atoms with Crippen LogP contribution >= 0.6 is 11.3 Å². The second kappa shape index (κ2) is 2.28. The molecule has 0 radical (unpaired) electrons. The average Bonchev–Trinajstić information content (AvgIpc) is 2.43. The van der Waals surface area contributed by atoms with Crippen molar-refractivity contribution in [3.63, 3.8) is 0 Å². The van der Waals surface area contributed by atoms with Crippen molar-refractivity contribution in [3.8, 4) is 5.75 Å². The molecule has 0 unspecified atom stereocenters. The zero-order chi connectivity index (χ0) is 8.72. The highest BCUT2D eigenvalue weighted by molar-refractivity contribution is 7.22. The van der Waals surface area contributed by atoms with Crippen molar-refractivity contribution in [1.82, 2.24) is 9.97 Å². The standard InChI is InChI=1S/C6H8N4OS/c1-11-2-3-5(9-4(2)7)10-6(8)12-3/h9H,7H2,1H3,(H2,8,10). The monoisotopic (exact) mass is 184 g/mol. The van der Waals surface area contributed by atoms with Crippen LogP contribution in [0.2, 0.25) is 0 Å². The molecule has 6 heteroatoms. The Hall–Kier alpha value is -1.43. The third kappa shape index (κ3) is 0.814. The molecule has 64 valence electrons. The van der Waals surface area contributed by atoms with Crippen molar-refractivity contribution in [3.05, 3.63) is 0 Å². The molecular formula is C6H8N4OS. The number of hydrogen-bond donors (Lipinski definition) is 3.